The van der Waals surface area contributed by atoms with E-state index >= 15 is 0 Å². The minimum Gasteiger partial charge on any atom is -0.484 e. The van der Waals surface area contributed by atoms with Gasteiger partial charge in [0.2, 0.25) is 0 Å². The quantitative estimate of drug-likeness (QED) is 0.897. The summed E-state index contributed by atoms with van der Waals surface area (Å²) in [6.45, 7) is -2.85. The van der Waals surface area contributed by atoms with Gasteiger partial charge in [0.05, 0.1) is 6.20 Å². The van der Waals surface area contributed by atoms with Gasteiger partial charge in [-0.05, 0) is 12.1 Å². The molecule has 19 heavy (non-hydrogen) atoms. The minimum atomic E-state index is -2.69. The van der Waals surface area contributed by atoms with Crippen molar-refractivity contribution in [3.05, 3.63) is 42.2 Å². The number of carbonyl (C=O) groups is 1. The first kappa shape index (κ1) is 12.9. The van der Waals surface area contributed by atoms with Crippen molar-refractivity contribution >= 4 is 5.97 Å². The average molecular weight is 269 g/mol. The second-order valence-corrected chi connectivity index (χ2v) is 3.50. The predicted octanol–water partition coefficient (Wildman–Crippen LogP) is 1.95. The average Bonchev–Trinajstić information content (AvgIpc) is 2.85. The molecule has 0 saturated carbocycles. The summed E-state index contributed by atoms with van der Waals surface area (Å²) in [7, 11) is 0. The van der Waals surface area contributed by atoms with Crippen molar-refractivity contribution in [3.8, 4) is 5.75 Å². The second-order valence-electron chi connectivity index (χ2n) is 3.50. The monoisotopic (exact) mass is 269 g/mol. The highest BCUT2D eigenvalue weighted by Gasteiger charge is 2.12. The van der Waals surface area contributed by atoms with E-state index in [2.05, 4.69) is 9.97 Å². The third-order valence-electron chi connectivity index (χ3n) is 2.28. The van der Waals surface area contributed by atoms with E-state index in [4.69, 9.17) is 9.84 Å². The molecule has 0 unspecified atom stereocenters. The number of carboxylic acid groups (broad SMARTS) is 1. The van der Waals surface area contributed by atoms with Gasteiger partial charge in [0.15, 0.2) is 5.82 Å². The highest BCUT2D eigenvalue weighted by atomic mass is 19.3. The van der Waals surface area contributed by atoms with Crippen LogP contribution in [0.15, 0.2) is 30.7 Å². The molecule has 0 fully saturated rings. The van der Waals surface area contributed by atoms with Crippen molar-refractivity contribution in [3.63, 3.8) is 0 Å². The summed E-state index contributed by atoms with van der Waals surface area (Å²) in [5.41, 5.74) is -0.124. The Morgan fingerprint density at radius 2 is 2.21 bits per heavy atom. The number of alkyl halides is 2. The summed E-state index contributed by atoms with van der Waals surface area (Å²) < 4.78 is 30.9. The van der Waals surface area contributed by atoms with Gasteiger partial charge in [0.1, 0.15) is 18.1 Å². The van der Waals surface area contributed by atoms with Crippen LogP contribution < -0.4 is 4.74 Å². The molecule has 2 rings (SSSR count). The summed E-state index contributed by atoms with van der Waals surface area (Å²) in [4.78, 5) is 18.0. The van der Waals surface area contributed by atoms with Gasteiger partial charge in [-0.3, -0.25) is 4.57 Å². The van der Waals surface area contributed by atoms with Crippen molar-refractivity contribution in [1.29, 1.82) is 0 Å². The zero-order valence-electron chi connectivity index (χ0n) is 9.53. The first-order chi connectivity index (χ1) is 9.08. The molecule has 6 nitrogen and oxygen atoms in total. The van der Waals surface area contributed by atoms with Crippen LogP contribution in [0.4, 0.5) is 8.78 Å². The molecule has 2 heterocycles. The molecular weight excluding hydrogens is 260 g/mol. The highest BCUT2D eigenvalue weighted by Crippen LogP contribution is 2.15. The van der Waals surface area contributed by atoms with Crippen LogP contribution in [0.5, 0.6) is 5.75 Å². The first-order valence-corrected chi connectivity index (χ1v) is 5.20. The van der Waals surface area contributed by atoms with Crippen LogP contribution in [-0.2, 0) is 6.61 Å². The number of halogens is 2. The maximum absolute atomic E-state index is 12.5. The number of pyridine rings is 1. The van der Waals surface area contributed by atoms with E-state index in [0.717, 1.165) is 6.20 Å². The molecule has 0 atom stereocenters. The summed E-state index contributed by atoms with van der Waals surface area (Å²) >= 11 is 0. The fourth-order valence-corrected chi connectivity index (χ4v) is 1.37. The third kappa shape index (κ3) is 3.03. The Bertz CT molecular complexity index is 569. The van der Waals surface area contributed by atoms with Crippen molar-refractivity contribution in [2.75, 3.05) is 0 Å². The lowest BCUT2D eigenvalue weighted by Gasteiger charge is -2.08. The molecule has 1 N–H and O–H groups in total. The SMILES string of the molecule is O=C(O)c1ccc(OCc2nccn2C(F)F)cn1. The normalized spacial score (nSPS) is 10.7. The number of hydrogen-bond donors (Lipinski definition) is 1. The summed E-state index contributed by atoms with van der Waals surface area (Å²) in [5, 5.41) is 8.65. The van der Waals surface area contributed by atoms with E-state index in [1.54, 1.807) is 0 Å². The molecule has 0 radical (unpaired) electrons. The Hall–Kier alpha value is -2.51. The molecule has 2 aromatic heterocycles. The number of aromatic carboxylic acids is 1. The second kappa shape index (κ2) is 5.42. The van der Waals surface area contributed by atoms with Gasteiger partial charge < -0.3 is 9.84 Å². The molecule has 0 aromatic carbocycles. The Balaban J connectivity index is 2.02. The number of carboxylic acids is 1. The number of aromatic nitrogens is 3. The molecule has 2 aromatic rings. The van der Waals surface area contributed by atoms with Crippen LogP contribution in [-0.4, -0.2) is 25.6 Å². The van der Waals surface area contributed by atoms with E-state index in [1.165, 1.54) is 24.5 Å². The van der Waals surface area contributed by atoms with Crippen LogP contribution in [0, 0.1) is 0 Å². The molecule has 0 spiro atoms. The summed E-state index contributed by atoms with van der Waals surface area (Å²) in [6, 6.07) is 2.66. The number of rotatable bonds is 5. The van der Waals surface area contributed by atoms with Crippen molar-refractivity contribution < 1.29 is 23.4 Å². The van der Waals surface area contributed by atoms with Crippen LogP contribution >= 0.6 is 0 Å². The largest absolute Gasteiger partial charge is 0.484 e. The van der Waals surface area contributed by atoms with Gasteiger partial charge in [-0.1, -0.05) is 0 Å². The highest BCUT2D eigenvalue weighted by molar-refractivity contribution is 5.85. The van der Waals surface area contributed by atoms with Gasteiger partial charge in [0, 0.05) is 12.4 Å². The zero-order chi connectivity index (χ0) is 13.8. The molecule has 0 bridgehead atoms. The fourth-order valence-electron chi connectivity index (χ4n) is 1.37. The molecule has 0 amide bonds. The van der Waals surface area contributed by atoms with Crippen LogP contribution in [0.3, 0.4) is 0 Å². The zero-order valence-corrected chi connectivity index (χ0v) is 9.53. The molecule has 0 aliphatic carbocycles. The van der Waals surface area contributed by atoms with E-state index in [0.29, 0.717) is 4.57 Å². The standard InChI is InChI=1S/C11H9F2N3O3/c12-11(13)16-4-3-14-9(16)6-19-7-1-2-8(10(17)18)15-5-7/h1-5,11H,6H2,(H,17,18). The van der Waals surface area contributed by atoms with Crippen LogP contribution in [0.25, 0.3) is 0 Å². The van der Waals surface area contributed by atoms with Crippen molar-refractivity contribution in [2.24, 2.45) is 0 Å². The van der Waals surface area contributed by atoms with Gasteiger partial charge >= 0.3 is 12.5 Å². The number of nitrogens with zero attached hydrogens (tertiary/aromatic N) is 3. The Morgan fingerprint density at radius 1 is 1.42 bits per heavy atom. The maximum Gasteiger partial charge on any atom is 0.354 e. The lowest BCUT2D eigenvalue weighted by atomic mass is 10.3. The van der Waals surface area contributed by atoms with Gasteiger partial charge in [-0.2, -0.15) is 8.78 Å². The lowest BCUT2D eigenvalue weighted by Crippen LogP contribution is -2.07. The number of imidazole rings is 1. The van der Waals surface area contributed by atoms with Crippen LogP contribution in [0.2, 0.25) is 0 Å². The topological polar surface area (TPSA) is 77.2 Å². The molecule has 8 heteroatoms. The maximum atomic E-state index is 12.5. The van der Waals surface area contributed by atoms with E-state index in [1.807, 2.05) is 0 Å². The van der Waals surface area contributed by atoms with Gasteiger partial charge in [0.25, 0.3) is 0 Å². The molecule has 0 aliphatic heterocycles. The third-order valence-corrected chi connectivity index (χ3v) is 2.28. The van der Waals surface area contributed by atoms with E-state index in [9.17, 15) is 13.6 Å². The Morgan fingerprint density at radius 3 is 2.79 bits per heavy atom. The summed E-state index contributed by atoms with van der Waals surface area (Å²) in [6.07, 6.45) is 3.60. The van der Waals surface area contributed by atoms with Crippen LogP contribution in [0.1, 0.15) is 22.9 Å². The predicted molar refractivity (Wildman–Crippen MR) is 59.0 cm³/mol. The Labute approximate surface area is 106 Å². The van der Waals surface area contributed by atoms with Crippen molar-refractivity contribution in [2.45, 2.75) is 13.2 Å². The van der Waals surface area contributed by atoms with Crippen molar-refractivity contribution in [1.82, 2.24) is 14.5 Å². The number of hydrogen-bond acceptors (Lipinski definition) is 4. The smallest absolute Gasteiger partial charge is 0.354 e. The molecular formula is C11H9F2N3O3. The lowest BCUT2D eigenvalue weighted by molar-refractivity contribution is 0.0630. The Kier molecular flexibility index (Phi) is 3.69. The van der Waals surface area contributed by atoms with Gasteiger partial charge in [-0.15, -0.1) is 0 Å². The molecule has 100 valence electrons. The first-order valence-electron chi connectivity index (χ1n) is 5.20. The fraction of sp³-hybridized carbons (Fsp3) is 0.182. The minimum absolute atomic E-state index is 0.0670. The van der Waals surface area contributed by atoms with E-state index < -0.39 is 12.5 Å². The molecule has 0 aliphatic rings. The van der Waals surface area contributed by atoms with Gasteiger partial charge in [-0.25, -0.2) is 14.8 Å². The van der Waals surface area contributed by atoms with E-state index in [-0.39, 0.29) is 23.9 Å². The molecule has 0 saturated heterocycles. The number of ether oxygens (including phenoxy) is 1. The summed E-state index contributed by atoms with van der Waals surface area (Å²) in [5.74, 6) is -0.814.